The highest BCUT2D eigenvalue weighted by Gasteiger charge is 2.34. The molecule has 1 amide bonds. The van der Waals surface area contributed by atoms with Crippen LogP contribution in [0.5, 0.6) is 0 Å². The monoisotopic (exact) mass is 311 g/mol. The van der Waals surface area contributed by atoms with Gasteiger partial charge in [0.1, 0.15) is 5.41 Å². The highest BCUT2D eigenvalue weighted by Crippen LogP contribution is 2.30. The van der Waals surface area contributed by atoms with Gasteiger partial charge >= 0.3 is 5.97 Å². The first-order valence-corrected chi connectivity index (χ1v) is 7.98. The summed E-state index contributed by atoms with van der Waals surface area (Å²) in [5.74, 6) is -0.198. The topological polar surface area (TPSA) is 71.5 Å². The molecule has 1 aliphatic rings. The van der Waals surface area contributed by atoms with E-state index in [1.54, 1.807) is 6.92 Å². The van der Waals surface area contributed by atoms with E-state index in [1.807, 2.05) is 19.2 Å². The van der Waals surface area contributed by atoms with Crippen molar-refractivity contribution in [1.29, 1.82) is 0 Å². The van der Waals surface area contributed by atoms with Gasteiger partial charge in [0.15, 0.2) is 5.13 Å². The van der Waals surface area contributed by atoms with Crippen LogP contribution in [0.1, 0.15) is 32.9 Å². The maximum absolute atomic E-state index is 12.0. The summed E-state index contributed by atoms with van der Waals surface area (Å²) in [5.41, 5.74) is -0.0468. The van der Waals surface area contributed by atoms with Gasteiger partial charge in [-0.1, -0.05) is 0 Å². The van der Waals surface area contributed by atoms with E-state index in [9.17, 15) is 9.59 Å². The summed E-state index contributed by atoms with van der Waals surface area (Å²) in [6, 6.07) is 0. The number of hydrogen-bond acceptors (Lipinski definition) is 6. The van der Waals surface area contributed by atoms with Crippen LogP contribution in [0.3, 0.4) is 0 Å². The lowest BCUT2D eigenvalue weighted by Crippen LogP contribution is -2.32. The zero-order chi connectivity index (χ0) is 15.5. The van der Waals surface area contributed by atoms with E-state index in [2.05, 4.69) is 15.2 Å². The molecule has 0 atom stereocenters. The van der Waals surface area contributed by atoms with Crippen molar-refractivity contribution in [2.24, 2.45) is 0 Å². The second kappa shape index (κ2) is 6.43. The van der Waals surface area contributed by atoms with Crippen LogP contribution in [0.15, 0.2) is 5.38 Å². The smallest absolute Gasteiger partial charge is 0.317 e. The van der Waals surface area contributed by atoms with Crippen LogP contribution >= 0.6 is 11.3 Å². The summed E-state index contributed by atoms with van der Waals surface area (Å²) >= 11 is 1.50. The first-order valence-electron chi connectivity index (χ1n) is 7.10. The Balaban J connectivity index is 2.13. The molecule has 6 nitrogen and oxygen atoms in total. The summed E-state index contributed by atoms with van der Waals surface area (Å²) in [6.07, 6.45) is 0.468. The summed E-state index contributed by atoms with van der Waals surface area (Å²) in [4.78, 5) is 30.0. The molecule has 7 heteroatoms. The summed E-state index contributed by atoms with van der Waals surface area (Å²) in [5, 5.41) is 5.58. The molecular weight excluding hydrogens is 290 g/mol. The molecule has 0 radical (unpaired) electrons. The number of ether oxygens (including phenoxy) is 1. The van der Waals surface area contributed by atoms with Crippen molar-refractivity contribution in [3.05, 3.63) is 11.1 Å². The Morgan fingerprint density at radius 1 is 1.52 bits per heavy atom. The van der Waals surface area contributed by atoms with E-state index in [1.165, 1.54) is 11.3 Å². The second-order valence-electron chi connectivity index (χ2n) is 5.45. The van der Waals surface area contributed by atoms with Crippen molar-refractivity contribution in [3.8, 4) is 0 Å². The van der Waals surface area contributed by atoms with Gasteiger partial charge in [0.05, 0.1) is 12.3 Å². The zero-order valence-electron chi connectivity index (χ0n) is 12.6. The molecule has 1 aromatic heterocycles. The molecule has 0 spiro atoms. The van der Waals surface area contributed by atoms with E-state index < -0.39 is 5.41 Å². The molecule has 0 aliphatic carbocycles. The molecule has 2 heterocycles. The van der Waals surface area contributed by atoms with E-state index >= 15 is 0 Å². The fourth-order valence-electron chi connectivity index (χ4n) is 2.07. The van der Waals surface area contributed by atoms with E-state index in [0.29, 0.717) is 31.8 Å². The minimum Gasteiger partial charge on any atom is -0.465 e. The average molecular weight is 311 g/mol. The minimum absolute atomic E-state index is 0.0705. The fourth-order valence-corrected chi connectivity index (χ4v) is 3.12. The Labute approximate surface area is 128 Å². The number of carbonyl (C=O) groups excluding carboxylic acids is 2. The van der Waals surface area contributed by atoms with Gasteiger partial charge in [0.2, 0.25) is 5.91 Å². The molecule has 2 rings (SSSR count). The second-order valence-corrected chi connectivity index (χ2v) is 6.28. The number of carbonyl (C=O) groups is 2. The number of esters is 1. The molecule has 1 N–H and O–H groups in total. The zero-order valence-corrected chi connectivity index (χ0v) is 13.5. The number of amides is 1. The maximum Gasteiger partial charge on any atom is 0.317 e. The Morgan fingerprint density at radius 2 is 2.29 bits per heavy atom. The van der Waals surface area contributed by atoms with Crippen molar-refractivity contribution in [3.63, 3.8) is 0 Å². The highest BCUT2D eigenvalue weighted by atomic mass is 32.1. The predicted molar refractivity (Wildman–Crippen MR) is 81.6 cm³/mol. The molecule has 0 unspecified atom stereocenters. The fraction of sp³-hybridized carbons (Fsp3) is 0.643. The molecule has 1 aromatic rings. The largest absolute Gasteiger partial charge is 0.465 e. The van der Waals surface area contributed by atoms with Gasteiger partial charge in [-0.2, -0.15) is 0 Å². The van der Waals surface area contributed by atoms with Crippen LogP contribution < -0.4 is 10.2 Å². The molecule has 21 heavy (non-hydrogen) atoms. The first-order chi connectivity index (χ1) is 9.95. The van der Waals surface area contributed by atoms with E-state index in [0.717, 1.165) is 11.7 Å². The van der Waals surface area contributed by atoms with Crippen LogP contribution in [0, 0.1) is 0 Å². The standard InChI is InChI=1S/C14H21N3O3S/c1-4-20-12(19)14(2,3)10-9-21-13(16-10)17-7-5-11(18)15-6-8-17/h9H,4-8H2,1-3H3,(H,15,18). The number of nitrogens with one attached hydrogen (secondary N) is 1. The van der Waals surface area contributed by atoms with Gasteiger partial charge < -0.3 is 15.0 Å². The van der Waals surface area contributed by atoms with Crippen LogP contribution in [0.2, 0.25) is 0 Å². The van der Waals surface area contributed by atoms with Crippen LogP contribution in [-0.2, 0) is 19.7 Å². The van der Waals surface area contributed by atoms with E-state index in [-0.39, 0.29) is 11.9 Å². The third-order valence-electron chi connectivity index (χ3n) is 3.50. The Hall–Kier alpha value is -1.63. The quantitative estimate of drug-likeness (QED) is 0.849. The lowest BCUT2D eigenvalue weighted by atomic mass is 9.90. The first kappa shape index (κ1) is 15.8. The van der Waals surface area contributed by atoms with Gasteiger partial charge in [-0.15, -0.1) is 11.3 Å². The van der Waals surface area contributed by atoms with Crippen LogP contribution in [0.4, 0.5) is 5.13 Å². The van der Waals surface area contributed by atoms with Crippen molar-refractivity contribution < 1.29 is 14.3 Å². The molecule has 1 saturated heterocycles. The third-order valence-corrected chi connectivity index (χ3v) is 4.40. The van der Waals surface area contributed by atoms with Gasteiger partial charge in [-0.25, -0.2) is 4.98 Å². The van der Waals surface area contributed by atoms with Crippen molar-refractivity contribution in [2.45, 2.75) is 32.6 Å². The summed E-state index contributed by atoms with van der Waals surface area (Å²) in [6.45, 7) is 7.79. The van der Waals surface area contributed by atoms with Gasteiger partial charge in [0, 0.05) is 31.4 Å². The van der Waals surface area contributed by atoms with E-state index in [4.69, 9.17) is 4.74 Å². The molecule has 1 aliphatic heterocycles. The number of thiazole rings is 1. The van der Waals surface area contributed by atoms with Gasteiger partial charge in [0.25, 0.3) is 0 Å². The molecular formula is C14H21N3O3S. The lowest BCUT2D eigenvalue weighted by molar-refractivity contribution is -0.148. The molecule has 0 aromatic carbocycles. The number of aromatic nitrogens is 1. The summed E-state index contributed by atoms with van der Waals surface area (Å²) < 4.78 is 5.11. The summed E-state index contributed by atoms with van der Waals surface area (Å²) in [7, 11) is 0. The van der Waals surface area contributed by atoms with Crippen molar-refractivity contribution >= 4 is 28.3 Å². The Kier molecular flexibility index (Phi) is 4.82. The molecule has 116 valence electrons. The molecule has 0 saturated carbocycles. The SMILES string of the molecule is CCOC(=O)C(C)(C)c1csc(N2CCNC(=O)CC2)n1. The van der Waals surface area contributed by atoms with Crippen LogP contribution in [-0.4, -0.2) is 43.1 Å². The molecule has 1 fully saturated rings. The lowest BCUT2D eigenvalue weighted by Gasteiger charge is -2.21. The third kappa shape index (κ3) is 3.53. The highest BCUT2D eigenvalue weighted by molar-refractivity contribution is 7.13. The number of nitrogens with zero attached hydrogens (tertiary/aromatic N) is 2. The Morgan fingerprint density at radius 3 is 3.00 bits per heavy atom. The van der Waals surface area contributed by atoms with Crippen LogP contribution in [0.25, 0.3) is 0 Å². The normalized spacial score (nSPS) is 16.3. The maximum atomic E-state index is 12.0. The number of rotatable bonds is 4. The van der Waals surface area contributed by atoms with Gasteiger partial charge in [-0.3, -0.25) is 9.59 Å². The average Bonchev–Trinajstić information content (AvgIpc) is 2.84. The van der Waals surface area contributed by atoms with Crippen molar-refractivity contribution in [1.82, 2.24) is 10.3 Å². The predicted octanol–water partition coefficient (Wildman–Crippen LogP) is 1.31. The number of anilines is 1. The Bertz CT molecular complexity index is 527. The van der Waals surface area contributed by atoms with Crippen molar-refractivity contribution in [2.75, 3.05) is 31.1 Å². The molecule has 0 bridgehead atoms. The van der Waals surface area contributed by atoms with Gasteiger partial charge in [-0.05, 0) is 20.8 Å². The number of hydrogen-bond donors (Lipinski definition) is 1. The minimum atomic E-state index is -0.759.